The van der Waals surface area contributed by atoms with Crippen molar-refractivity contribution in [1.82, 2.24) is 4.40 Å². The number of imidazole rings is 1. The number of pyridine rings is 1. The van der Waals surface area contributed by atoms with Crippen LogP contribution < -0.4 is 10.1 Å². The third-order valence-electron chi connectivity index (χ3n) is 4.65. The minimum Gasteiger partial charge on any atom is -0.240 e. The minimum atomic E-state index is 0.0391. The Bertz CT molecular complexity index is 1300. The van der Waals surface area contributed by atoms with Crippen LogP contribution in [0.5, 0.6) is 0 Å². The fraction of sp³-hybridized carbons (Fsp3) is 0.0526. The first kappa shape index (κ1) is 13.0. The minimum absolute atomic E-state index is 0.0391. The second-order valence-corrected chi connectivity index (χ2v) is 6.78. The van der Waals surface area contributed by atoms with E-state index in [0.717, 1.165) is 42.7 Å². The molecule has 3 nitrogen and oxygen atoms in total. The summed E-state index contributed by atoms with van der Waals surface area (Å²) in [6.45, 7) is 0. The van der Waals surface area contributed by atoms with Crippen LogP contribution in [0.1, 0.15) is 0 Å². The van der Waals surface area contributed by atoms with Gasteiger partial charge in [0.05, 0.1) is 17.8 Å². The molecule has 110 valence electrons. The highest BCUT2D eigenvalue weighted by atomic mass is 79.9. The molecule has 0 atom stereocenters. The van der Waals surface area contributed by atoms with Crippen molar-refractivity contribution in [2.75, 3.05) is 0 Å². The van der Waals surface area contributed by atoms with E-state index in [-0.39, 0.29) is 5.56 Å². The SMILES string of the molecule is C[n+]1c2cc(Br)ccc2n2c(=O)c3cccc4cccc(c43)c21. The lowest BCUT2D eigenvalue weighted by Gasteiger charge is -2.03. The summed E-state index contributed by atoms with van der Waals surface area (Å²) in [7, 11) is 2.01. The molecule has 2 heterocycles. The summed E-state index contributed by atoms with van der Waals surface area (Å²) >= 11 is 3.52. The highest BCUT2D eigenvalue weighted by Crippen LogP contribution is 2.29. The average Bonchev–Trinajstić information content (AvgIpc) is 2.85. The van der Waals surface area contributed by atoms with Crippen molar-refractivity contribution >= 4 is 54.2 Å². The van der Waals surface area contributed by atoms with Gasteiger partial charge < -0.3 is 0 Å². The van der Waals surface area contributed by atoms with Crippen LogP contribution in [0.15, 0.2) is 63.9 Å². The number of benzene rings is 3. The van der Waals surface area contributed by atoms with E-state index >= 15 is 0 Å². The summed E-state index contributed by atoms with van der Waals surface area (Å²) in [5, 5.41) is 4.02. The van der Waals surface area contributed by atoms with Gasteiger partial charge in [-0.3, -0.25) is 0 Å². The molecule has 0 spiro atoms. The van der Waals surface area contributed by atoms with Crippen molar-refractivity contribution in [3.8, 4) is 0 Å². The number of aromatic nitrogens is 2. The zero-order valence-electron chi connectivity index (χ0n) is 12.4. The lowest BCUT2D eigenvalue weighted by molar-refractivity contribution is -0.617. The van der Waals surface area contributed by atoms with Gasteiger partial charge in [-0.25, -0.2) is 9.36 Å². The number of hydrogen-bond donors (Lipinski definition) is 0. The van der Waals surface area contributed by atoms with Gasteiger partial charge in [-0.05, 0) is 29.7 Å². The molecular formula is C19H12BrN2O+. The van der Waals surface area contributed by atoms with E-state index in [4.69, 9.17) is 0 Å². The Labute approximate surface area is 139 Å². The molecule has 0 fully saturated rings. The Morgan fingerprint density at radius 1 is 1.00 bits per heavy atom. The van der Waals surface area contributed by atoms with E-state index in [1.165, 1.54) is 0 Å². The van der Waals surface area contributed by atoms with E-state index in [0.29, 0.717) is 0 Å². The normalized spacial score (nSPS) is 12.1. The summed E-state index contributed by atoms with van der Waals surface area (Å²) < 4.78 is 4.94. The summed E-state index contributed by atoms with van der Waals surface area (Å²) in [4.78, 5) is 13.1. The fourth-order valence-corrected chi connectivity index (χ4v) is 4.01. The molecule has 0 amide bonds. The lowest BCUT2D eigenvalue weighted by Crippen LogP contribution is -2.29. The molecule has 0 unspecified atom stereocenters. The molecule has 0 bridgehead atoms. The van der Waals surface area contributed by atoms with Crippen LogP contribution in [0.2, 0.25) is 0 Å². The first-order valence-corrected chi connectivity index (χ1v) is 8.23. The first-order valence-electron chi connectivity index (χ1n) is 7.43. The molecule has 0 N–H and O–H groups in total. The zero-order valence-corrected chi connectivity index (χ0v) is 14.0. The van der Waals surface area contributed by atoms with Crippen molar-refractivity contribution in [2.45, 2.75) is 0 Å². The molecule has 4 heteroatoms. The largest absolute Gasteiger partial charge is 0.347 e. The van der Waals surface area contributed by atoms with E-state index in [9.17, 15) is 4.79 Å². The Balaban J connectivity index is 2.26. The molecule has 0 aliphatic rings. The number of nitrogens with zero attached hydrogens (tertiary/aromatic N) is 2. The summed E-state index contributed by atoms with van der Waals surface area (Å²) in [5.74, 6) is 0. The predicted molar refractivity (Wildman–Crippen MR) is 96.2 cm³/mol. The van der Waals surface area contributed by atoms with Crippen LogP contribution in [0, 0.1) is 0 Å². The van der Waals surface area contributed by atoms with Crippen LogP contribution in [-0.4, -0.2) is 4.40 Å². The molecular weight excluding hydrogens is 352 g/mol. The second kappa shape index (κ2) is 4.30. The quantitative estimate of drug-likeness (QED) is 0.384. The number of rotatable bonds is 0. The van der Waals surface area contributed by atoms with Crippen LogP contribution in [0.25, 0.3) is 38.2 Å². The van der Waals surface area contributed by atoms with Crippen LogP contribution in [0.4, 0.5) is 0 Å². The molecule has 0 radical (unpaired) electrons. The van der Waals surface area contributed by atoms with Crippen LogP contribution >= 0.6 is 15.9 Å². The lowest BCUT2D eigenvalue weighted by atomic mass is 10.0. The maximum absolute atomic E-state index is 13.1. The molecule has 0 saturated heterocycles. The molecule has 0 aliphatic heterocycles. The topological polar surface area (TPSA) is 25.4 Å². The van der Waals surface area contributed by atoms with Crippen molar-refractivity contribution in [2.24, 2.45) is 7.05 Å². The number of halogens is 1. The van der Waals surface area contributed by atoms with E-state index in [1.807, 2.05) is 35.7 Å². The average molecular weight is 364 g/mol. The van der Waals surface area contributed by atoms with E-state index in [1.54, 1.807) is 0 Å². The standard InChI is InChI=1S/C19H12BrN2O/c1-21-16-10-12(20)8-9-15(16)22-18(21)13-6-2-4-11-5-3-7-14(17(11)13)19(22)23/h2-10H,1H3/q+1. The number of aryl methyl sites for hydroxylation is 1. The van der Waals surface area contributed by atoms with Crippen LogP contribution in [-0.2, 0) is 7.05 Å². The van der Waals surface area contributed by atoms with Crippen molar-refractivity contribution in [3.05, 3.63) is 69.4 Å². The van der Waals surface area contributed by atoms with E-state index < -0.39 is 0 Å². The molecule has 0 aliphatic carbocycles. The molecule has 5 aromatic rings. The van der Waals surface area contributed by atoms with Gasteiger partial charge in [-0.2, -0.15) is 4.40 Å². The Hall–Kier alpha value is -2.46. The number of fused-ring (bicyclic) bond motifs is 4. The molecule has 5 rings (SSSR count). The third kappa shape index (κ3) is 1.54. The van der Waals surface area contributed by atoms with Gasteiger partial charge in [0.2, 0.25) is 0 Å². The highest BCUT2D eigenvalue weighted by Gasteiger charge is 2.24. The van der Waals surface area contributed by atoms with Crippen molar-refractivity contribution < 1.29 is 4.57 Å². The van der Waals surface area contributed by atoms with Gasteiger partial charge >= 0.3 is 5.56 Å². The molecule has 0 saturated carbocycles. The second-order valence-electron chi connectivity index (χ2n) is 5.87. The maximum Gasteiger partial charge on any atom is 0.347 e. The van der Waals surface area contributed by atoms with Gasteiger partial charge in [0.1, 0.15) is 0 Å². The summed E-state index contributed by atoms with van der Waals surface area (Å²) in [6.07, 6.45) is 0. The summed E-state index contributed by atoms with van der Waals surface area (Å²) in [6, 6.07) is 18.2. The van der Waals surface area contributed by atoms with Crippen molar-refractivity contribution in [1.29, 1.82) is 0 Å². The first-order chi connectivity index (χ1) is 11.2. The van der Waals surface area contributed by atoms with E-state index in [2.05, 4.69) is 50.8 Å². The third-order valence-corrected chi connectivity index (χ3v) is 5.14. The predicted octanol–water partition coefficient (Wildman–Crippen LogP) is 3.78. The zero-order chi connectivity index (χ0) is 15.7. The van der Waals surface area contributed by atoms with Crippen LogP contribution in [0.3, 0.4) is 0 Å². The molecule has 3 aromatic carbocycles. The van der Waals surface area contributed by atoms with Gasteiger partial charge in [0.15, 0.2) is 11.0 Å². The van der Waals surface area contributed by atoms with Crippen molar-refractivity contribution in [3.63, 3.8) is 0 Å². The summed E-state index contributed by atoms with van der Waals surface area (Å²) in [5.41, 5.74) is 2.94. The molecule has 23 heavy (non-hydrogen) atoms. The van der Waals surface area contributed by atoms with Gasteiger partial charge in [0, 0.05) is 15.9 Å². The molecule has 2 aromatic heterocycles. The smallest absolute Gasteiger partial charge is 0.240 e. The van der Waals surface area contributed by atoms with Gasteiger partial charge in [-0.15, -0.1) is 0 Å². The highest BCUT2D eigenvalue weighted by molar-refractivity contribution is 9.10. The monoisotopic (exact) mass is 363 g/mol. The number of hydrogen-bond acceptors (Lipinski definition) is 1. The Morgan fingerprint density at radius 3 is 2.52 bits per heavy atom. The Kier molecular flexibility index (Phi) is 2.43. The Morgan fingerprint density at radius 2 is 1.74 bits per heavy atom. The van der Waals surface area contributed by atoms with Gasteiger partial charge in [0.25, 0.3) is 5.65 Å². The fourth-order valence-electron chi connectivity index (χ4n) is 3.67. The maximum atomic E-state index is 13.1. The van der Waals surface area contributed by atoms with Gasteiger partial charge in [-0.1, -0.05) is 40.2 Å².